The maximum atomic E-state index is 13.0. The van der Waals surface area contributed by atoms with Gasteiger partial charge in [-0.3, -0.25) is 9.63 Å². The van der Waals surface area contributed by atoms with Gasteiger partial charge in [-0.25, -0.2) is 9.45 Å². The Morgan fingerprint density at radius 2 is 1.86 bits per heavy atom. The molecule has 1 atom stereocenters. The predicted molar refractivity (Wildman–Crippen MR) is 64.3 cm³/mol. The maximum Gasteiger partial charge on any atom is 0.403 e. The standard InChI is InChI=1S/C14H13F4NO2/c15-10-3-1-9(2-4-10)11-5-8-21-19(11)12(20)13(6-7-13)14(16,17)18/h1-4,11H,5-8H2/t11-/m0/s1. The highest BCUT2D eigenvalue weighted by atomic mass is 19.4. The molecule has 1 aliphatic heterocycles. The smallest absolute Gasteiger partial charge is 0.272 e. The summed E-state index contributed by atoms with van der Waals surface area (Å²) in [6.07, 6.45) is -4.58. The van der Waals surface area contributed by atoms with Crippen molar-refractivity contribution in [2.75, 3.05) is 6.61 Å². The van der Waals surface area contributed by atoms with E-state index < -0.39 is 29.4 Å². The first-order valence-electron chi connectivity index (χ1n) is 6.64. The SMILES string of the molecule is O=C(N1OCC[C@H]1c1ccc(F)cc1)C1(C(F)(F)F)CC1. The molecular formula is C14H13F4NO2. The van der Waals surface area contributed by atoms with Gasteiger partial charge in [0.2, 0.25) is 0 Å². The number of amides is 1. The van der Waals surface area contributed by atoms with Crippen molar-refractivity contribution < 1.29 is 27.2 Å². The fraction of sp³-hybridized carbons (Fsp3) is 0.500. The number of benzene rings is 1. The summed E-state index contributed by atoms with van der Waals surface area (Å²) in [7, 11) is 0. The van der Waals surface area contributed by atoms with E-state index in [0.717, 1.165) is 5.06 Å². The fourth-order valence-electron chi connectivity index (χ4n) is 2.61. The summed E-state index contributed by atoms with van der Waals surface area (Å²) in [6.45, 7) is 0.168. The molecule has 2 fully saturated rings. The van der Waals surface area contributed by atoms with Gasteiger partial charge in [0.25, 0.3) is 5.91 Å². The average molecular weight is 303 g/mol. The largest absolute Gasteiger partial charge is 0.403 e. The summed E-state index contributed by atoms with van der Waals surface area (Å²) in [5.74, 6) is -1.48. The van der Waals surface area contributed by atoms with Crippen LogP contribution in [-0.4, -0.2) is 23.8 Å². The normalized spacial score (nSPS) is 24.2. The molecule has 1 amide bonds. The van der Waals surface area contributed by atoms with Crippen LogP contribution in [0.1, 0.15) is 30.9 Å². The van der Waals surface area contributed by atoms with Gasteiger partial charge in [-0.2, -0.15) is 13.2 Å². The summed E-state index contributed by atoms with van der Waals surface area (Å²) in [5, 5.41) is 0.827. The quantitative estimate of drug-likeness (QED) is 0.784. The minimum Gasteiger partial charge on any atom is -0.272 e. The van der Waals surface area contributed by atoms with E-state index in [-0.39, 0.29) is 19.4 Å². The molecule has 0 bridgehead atoms. The topological polar surface area (TPSA) is 29.5 Å². The van der Waals surface area contributed by atoms with Crippen molar-refractivity contribution >= 4 is 5.91 Å². The molecular weight excluding hydrogens is 290 g/mol. The van der Waals surface area contributed by atoms with Crippen LogP contribution < -0.4 is 0 Å². The van der Waals surface area contributed by atoms with Gasteiger partial charge in [0.05, 0.1) is 12.6 Å². The second kappa shape index (κ2) is 4.69. The Kier molecular flexibility index (Phi) is 3.20. The lowest BCUT2D eigenvalue weighted by Gasteiger charge is -2.28. The lowest BCUT2D eigenvalue weighted by Crippen LogP contribution is -2.43. The van der Waals surface area contributed by atoms with Crippen LogP contribution in [-0.2, 0) is 9.63 Å². The van der Waals surface area contributed by atoms with Crippen molar-refractivity contribution in [3.63, 3.8) is 0 Å². The van der Waals surface area contributed by atoms with Crippen LogP contribution >= 0.6 is 0 Å². The van der Waals surface area contributed by atoms with Gasteiger partial charge in [0.15, 0.2) is 0 Å². The van der Waals surface area contributed by atoms with Crippen molar-refractivity contribution in [3.8, 4) is 0 Å². The molecule has 3 nitrogen and oxygen atoms in total. The van der Waals surface area contributed by atoms with E-state index in [1.165, 1.54) is 24.3 Å². The second-order valence-electron chi connectivity index (χ2n) is 5.40. The molecule has 3 rings (SSSR count). The number of hydrogen-bond acceptors (Lipinski definition) is 2. The Morgan fingerprint density at radius 1 is 1.24 bits per heavy atom. The Bertz CT molecular complexity index is 551. The summed E-state index contributed by atoms with van der Waals surface area (Å²) < 4.78 is 52.0. The second-order valence-corrected chi connectivity index (χ2v) is 5.40. The minimum atomic E-state index is -4.57. The number of hydroxylamine groups is 2. The predicted octanol–water partition coefficient (Wildman–Crippen LogP) is 3.37. The molecule has 114 valence electrons. The summed E-state index contributed by atoms with van der Waals surface area (Å²) in [5.41, 5.74) is -1.73. The van der Waals surface area contributed by atoms with Crippen molar-refractivity contribution in [2.45, 2.75) is 31.5 Å². The van der Waals surface area contributed by atoms with Crippen LogP contribution in [0.15, 0.2) is 24.3 Å². The molecule has 1 saturated carbocycles. The number of rotatable bonds is 2. The average Bonchev–Trinajstić information content (AvgIpc) is 3.11. The molecule has 0 spiro atoms. The summed E-state index contributed by atoms with van der Waals surface area (Å²) in [6, 6.07) is 4.75. The van der Waals surface area contributed by atoms with Crippen LogP contribution in [0, 0.1) is 11.2 Å². The van der Waals surface area contributed by atoms with Crippen molar-refractivity contribution in [1.29, 1.82) is 0 Å². The van der Waals surface area contributed by atoms with Crippen LogP contribution in [0.4, 0.5) is 17.6 Å². The third-order valence-electron chi connectivity index (χ3n) is 4.06. The molecule has 2 aliphatic rings. The van der Waals surface area contributed by atoms with Crippen LogP contribution in [0.25, 0.3) is 0 Å². The molecule has 1 aromatic carbocycles. The van der Waals surface area contributed by atoms with Crippen molar-refractivity contribution in [3.05, 3.63) is 35.6 Å². The van der Waals surface area contributed by atoms with E-state index in [1.807, 2.05) is 0 Å². The maximum absolute atomic E-state index is 13.0. The van der Waals surface area contributed by atoms with Crippen LogP contribution in [0.5, 0.6) is 0 Å². The van der Waals surface area contributed by atoms with Crippen LogP contribution in [0.3, 0.4) is 0 Å². The van der Waals surface area contributed by atoms with Gasteiger partial charge >= 0.3 is 6.18 Å². The highest BCUT2D eigenvalue weighted by Gasteiger charge is 2.70. The highest BCUT2D eigenvalue weighted by Crippen LogP contribution is 2.59. The van der Waals surface area contributed by atoms with Gasteiger partial charge in [0, 0.05) is 6.42 Å². The number of halogens is 4. The van der Waals surface area contributed by atoms with Gasteiger partial charge in [0.1, 0.15) is 11.2 Å². The first-order chi connectivity index (χ1) is 9.85. The molecule has 7 heteroatoms. The minimum absolute atomic E-state index is 0.168. The number of alkyl halides is 3. The molecule has 0 unspecified atom stereocenters. The van der Waals surface area contributed by atoms with Gasteiger partial charge in [-0.15, -0.1) is 0 Å². The molecule has 1 aliphatic carbocycles. The third kappa shape index (κ3) is 2.29. The monoisotopic (exact) mass is 303 g/mol. The molecule has 1 saturated heterocycles. The number of carbonyl (C=O) groups is 1. The van der Waals surface area contributed by atoms with E-state index in [4.69, 9.17) is 4.84 Å². The Morgan fingerprint density at radius 3 is 2.38 bits per heavy atom. The van der Waals surface area contributed by atoms with Crippen molar-refractivity contribution in [2.24, 2.45) is 5.41 Å². The zero-order valence-electron chi connectivity index (χ0n) is 11.0. The van der Waals surface area contributed by atoms with Crippen molar-refractivity contribution in [1.82, 2.24) is 5.06 Å². The number of nitrogens with zero attached hydrogens (tertiary/aromatic N) is 1. The Labute approximate surface area is 118 Å². The van der Waals surface area contributed by atoms with Gasteiger partial charge in [-0.1, -0.05) is 12.1 Å². The Hall–Kier alpha value is -1.63. The lowest BCUT2D eigenvalue weighted by molar-refractivity contribution is -0.223. The molecule has 1 aromatic rings. The first kappa shape index (κ1) is 14.3. The van der Waals surface area contributed by atoms with E-state index >= 15 is 0 Å². The van der Waals surface area contributed by atoms with E-state index in [1.54, 1.807) is 0 Å². The van der Waals surface area contributed by atoms with E-state index in [9.17, 15) is 22.4 Å². The lowest BCUT2D eigenvalue weighted by atomic mass is 10.0. The molecule has 0 N–H and O–H groups in total. The van der Waals surface area contributed by atoms with E-state index in [0.29, 0.717) is 12.0 Å². The zero-order chi connectivity index (χ0) is 15.3. The van der Waals surface area contributed by atoms with E-state index in [2.05, 4.69) is 0 Å². The van der Waals surface area contributed by atoms with Crippen LogP contribution in [0.2, 0.25) is 0 Å². The highest BCUT2D eigenvalue weighted by molar-refractivity contribution is 5.86. The molecule has 1 heterocycles. The fourth-order valence-corrected chi connectivity index (χ4v) is 2.61. The summed E-state index contributed by atoms with van der Waals surface area (Å²) in [4.78, 5) is 17.4. The first-order valence-corrected chi connectivity index (χ1v) is 6.64. The molecule has 21 heavy (non-hydrogen) atoms. The Balaban J connectivity index is 1.85. The number of hydrogen-bond donors (Lipinski definition) is 0. The zero-order valence-corrected chi connectivity index (χ0v) is 11.0. The number of carbonyl (C=O) groups excluding carboxylic acids is 1. The van der Waals surface area contributed by atoms with Gasteiger partial charge < -0.3 is 0 Å². The van der Waals surface area contributed by atoms with Gasteiger partial charge in [-0.05, 0) is 30.5 Å². The third-order valence-corrected chi connectivity index (χ3v) is 4.06. The molecule has 0 radical (unpaired) electrons. The molecule has 0 aromatic heterocycles. The summed E-state index contributed by atoms with van der Waals surface area (Å²) >= 11 is 0.